The monoisotopic (exact) mass is 369 g/mol. The molecule has 0 bridgehead atoms. The summed E-state index contributed by atoms with van der Waals surface area (Å²) in [5.41, 5.74) is 3.33. The molecule has 144 valence electrons. The molecule has 0 atom stereocenters. The molecule has 1 heterocycles. The molecule has 5 heteroatoms. The zero-order chi connectivity index (χ0) is 19.1. The van der Waals surface area contributed by atoms with Crippen molar-refractivity contribution in [3.05, 3.63) is 53.1 Å². The van der Waals surface area contributed by atoms with E-state index in [1.165, 1.54) is 5.56 Å². The maximum absolute atomic E-state index is 12.2. The van der Waals surface area contributed by atoms with Crippen molar-refractivity contribution in [2.24, 2.45) is 0 Å². The van der Waals surface area contributed by atoms with Crippen molar-refractivity contribution in [2.75, 3.05) is 26.4 Å². The normalized spacial score (nSPS) is 12.2. The van der Waals surface area contributed by atoms with E-state index in [9.17, 15) is 4.79 Å². The minimum absolute atomic E-state index is 0.0323. The van der Waals surface area contributed by atoms with Crippen LogP contribution in [0.15, 0.2) is 36.4 Å². The predicted molar refractivity (Wildman–Crippen MR) is 105 cm³/mol. The van der Waals surface area contributed by atoms with Crippen molar-refractivity contribution >= 4 is 5.91 Å². The molecule has 0 spiro atoms. The van der Waals surface area contributed by atoms with Crippen LogP contribution >= 0.6 is 0 Å². The first kappa shape index (κ1) is 19.1. The summed E-state index contributed by atoms with van der Waals surface area (Å²) in [6.45, 7) is 6.42. The van der Waals surface area contributed by atoms with Crippen LogP contribution in [0.3, 0.4) is 0 Å². The number of fused-ring (bicyclic) bond motifs is 1. The minimum Gasteiger partial charge on any atom is -0.493 e. The first-order valence-corrected chi connectivity index (χ1v) is 9.59. The lowest BCUT2D eigenvalue weighted by Crippen LogP contribution is -2.27. The Morgan fingerprint density at radius 1 is 1.04 bits per heavy atom. The molecule has 2 aromatic carbocycles. The van der Waals surface area contributed by atoms with Gasteiger partial charge in [-0.2, -0.15) is 0 Å². The summed E-state index contributed by atoms with van der Waals surface area (Å²) in [4.78, 5) is 12.2. The van der Waals surface area contributed by atoms with E-state index in [0.717, 1.165) is 47.8 Å². The average molecular weight is 369 g/mol. The average Bonchev–Trinajstić information content (AvgIpc) is 3.12. The fraction of sp³-hybridized carbons (Fsp3) is 0.409. The highest BCUT2D eigenvalue weighted by Gasteiger charge is 2.13. The van der Waals surface area contributed by atoms with Crippen molar-refractivity contribution in [1.82, 2.24) is 5.32 Å². The highest BCUT2D eigenvalue weighted by molar-refractivity contribution is 5.78. The summed E-state index contributed by atoms with van der Waals surface area (Å²) in [7, 11) is 0. The third-order valence-corrected chi connectivity index (χ3v) is 4.46. The van der Waals surface area contributed by atoms with Gasteiger partial charge in [0.2, 0.25) is 5.91 Å². The van der Waals surface area contributed by atoms with Crippen molar-refractivity contribution in [1.29, 1.82) is 0 Å². The number of ether oxygens (including phenoxy) is 3. The van der Waals surface area contributed by atoms with Gasteiger partial charge >= 0.3 is 0 Å². The van der Waals surface area contributed by atoms with Gasteiger partial charge in [-0.25, -0.2) is 0 Å². The van der Waals surface area contributed by atoms with Gasteiger partial charge in [0.05, 0.1) is 26.2 Å². The van der Waals surface area contributed by atoms with Gasteiger partial charge in [-0.1, -0.05) is 18.2 Å². The molecule has 27 heavy (non-hydrogen) atoms. The molecule has 0 aliphatic carbocycles. The summed E-state index contributed by atoms with van der Waals surface area (Å²) in [5.74, 6) is 2.49. The SMILES string of the molecule is CCOc1ccc(CCNC(=O)Cc2ccc3c(c2)CCO3)cc1OCC. The van der Waals surface area contributed by atoms with Crippen LogP contribution < -0.4 is 19.5 Å². The van der Waals surface area contributed by atoms with Gasteiger partial charge in [0.15, 0.2) is 11.5 Å². The Morgan fingerprint density at radius 2 is 1.81 bits per heavy atom. The number of carbonyl (C=O) groups is 1. The molecule has 1 aliphatic rings. The molecule has 0 unspecified atom stereocenters. The number of hydrogen-bond donors (Lipinski definition) is 1. The molecule has 0 aromatic heterocycles. The molecular weight excluding hydrogens is 342 g/mol. The van der Waals surface area contributed by atoms with Crippen molar-refractivity contribution in [3.63, 3.8) is 0 Å². The van der Waals surface area contributed by atoms with Crippen LogP contribution in [0.5, 0.6) is 17.2 Å². The van der Waals surface area contributed by atoms with Gasteiger partial charge in [0.25, 0.3) is 0 Å². The Balaban J connectivity index is 1.50. The second-order valence-electron chi connectivity index (χ2n) is 6.46. The Kier molecular flexibility index (Phi) is 6.58. The lowest BCUT2D eigenvalue weighted by atomic mass is 10.1. The Hall–Kier alpha value is -2.69. The van der Waals surface area contributed by atoms with E-state index in [4.69, 9.17) is 14.2 Å². The van der Waals surface area contributed by atoms with Crippen LogP contribution in [0.1, 0.15) is 30.5 Å². The molecule has 1 amide bonds. The van der Waals surface area contributed by atoms with E-state index in [-0.39, 0.29) is 5.91 Å². The minimum atomic E-state index is 0.0323. The molecule has 0 radical (unpaired) electrons. The van der Waals surface area contributed by atoms with Crippen LogP contribution in [-0.2, 0) is 24.1 Å². The molecule has 3 rings (SSSR count). The first-order valence-electron chi connectivity index (χ1n) is 9.59. The maximum Gasteiger partial charge on any atom is 0.224 e. The van der Waals surface area contributed by atoms with Crippen LogP contribution in [0, 0.1) is 0 Å². The molecule has 0 saturated carbocycles. The third-order valence-electron chi connectivity index (χ3n) is 4.46. The molecule has 2 aromatic rings. The summed E-state index contributed by atoms with van der Waals surface area (Å²) in [5, 5.41) is 3.00. The van der Waals surface area contributed by atoms with Gasteiger partial charge in [-0.05, 0) is 55.2 Å². The fourth-order valence-corrected chi connectivity index (χ4v) is 3.20. The van der Waals surface area contributed by atoms with E-state index in [2.05, 4.69) is 11.4 Å². The van der Waals surface area contributed by atoms with E-state index in [0.29, 0.717) is 26.2 Å². The number of amides is 1. The fourth-order valence-electron chi connectivity index (χ4n) is 3.20. The summed E-state index contributed by atoms with van der Waals surface area (Å²) in [6, 6.07) is 11.9. The van der Waals surface area contributed by atoms with Crippen molar-refractivity contribution < 1.29 is 19.0 Å². The van der Waals surface area contributed by atoms with Crippen LogP contribution in [0.25, 0.3) is 0 Å². The second kappa shape index (κ2) is 9.31. The summed E-state index contributed by atoms with van der Waals surface area (Å²) < 4.78 is 16.7. The number of hydrogen-bond acceptors (Lipinski definition) is 4. The Bertz CT molecular complexity index is 788. The first-order chi connectivity index (χ1) is 13.2. The molecule has 0 fully saturated rings. The zero-order valence-corrected chi connectivity index (χ0v) is 16.0. The van der Waals surface area contributed by atoms with Gasteiger partial charge < -0.3 is 19.5 Å². The van der Waals surface area contributed by atoms with Gasteiger partial charge in [0.1, 0.15) is 5.75 Å². The molecule has 0 saturated heterocycles. The van der Waals surface area contributed by atoms with E-state index >= 15 is 0 Å². The summed E-state index contributed by atoms with van der Waals surface area (Å²) >= 11 is 0. The zero-order valence-electron chi connectivity index (χ0n) is 16.0. The Labute approximate surface area is 160 Å². The second-order valence-corrected chi connectivity index (χ2v) is 6.46. The molecule has 1 N–H and O–H groups in total. The van der Waals surface area contributed by atoms with Crippen LogP contribution in [0.2, 0.25) is 0 Å². The van der Waals surface area contributed by atoms with Crippen LogP contribution in [-0.4, -0.2) is 32.3 Å². The summed E-state index contributed by atoms with van der Waals surface area (Å²) in [6.07, 6.45) is 2.06. The van der Waals surface area contributed by atoms with E-state index < -0.39 is 0 Å². The smallest absolute Gasteiger partial charge is 0.224 e. The number of rotatable bonds is 9. The standard InChI is InChI=1S/C22H27NO4/c1-3-25-20-8-5-16(14-21(20)26-4-2)9-11-23-22(24)15-17-6-7-19-18(13-17)10-12-27-19/h5-8,13-14H,3-4,9-12,15H2,1-2H3,(H,23,24). The van der Waals surface area contributed by atoms with E-state index in [1.807, 2.05) is 44.2 Å². The maximum atomic E-state index is 12.2. The van der Waals surface area contributed by atoms with Gasteiger partial charge in [-0.3, -0.25) is 4.79 Å². The molecular formula is C22H27NO4. The lowest BCUT2D eigenvalue weighted by Gasteiger charge is -2.12. The van der Waals surface area contributed by atoms with Crippen molar-refractivity contribution in [3.8, 4) is 17.2 Å². The Morgan fingerprint density at radius 3 is 2.63 bits per heavy atom. The molecule has 5 nitrogen and oxygen atoms in total. The highest BCUT2D eigenvalue weighted by Crippen LogP contribution is 2.29. The van der Waals surface area contributed by atoms with Gasteiger partial charge in [-0.15, -0.1) is 0 Å². The number of nitrogens with one attached hydrogen (secondary N) is 1. The van der Waals surface area contributed by atoms with E-state index in [1.54, 1.807) is 0 Å². The number of benzene rings is 2. The third kappa shape index (κ3) is 5.16. The van der Waals surface area contributed by atoms with Crippen molar-refractivity contribution in [2.45, 2.75) is 33.1 Å². The van der Waals surface area contributed by atoms with Crippen LogP contribution in [0.4, 0.5) is 0 Å². The lowest BCUT2D eigenvalue weighted by molar-refractivity contribution is -0.120. The highest BCUT2D eigenvalue weighted by atomic mass is 16.5. The van der Waals surface area contributed by atoms with Gasteiger partial charge in [0, 0.05) is 13.0 Å². The molecule has 1 aliphatic heterocycles. The topological polar surface area (TPSA) is 56.8 Å². The quantitative estimate of drug-likeness (QED) is 0.737. The number of carbonyl (C=O) groups excluding carboxylic acids is 1. The predicted octanol–water partition coefficient (Wildman–Crippen LogP) is 3.32. The largest absolute Gasteiger partial charge is 0.493 e.